The number of rotatable bonds is 6. The highest BCUT2D eigenvalue weighted by Gasteiger charge is 2.25. The highest BCUT2D eigenvalue weighted by Crippen LogP contribution is 2.26. The molecule has 1 aliphatic rings. The third kappa shape index (κ3) is 2.90. The summed E-state index contributed by atoms with van der Waals surface area (Å²) in [6.45, 7) is 1.38. The third-order valence-corrected chi connectivity index (χ3v) is 3.35. The number of amides is 1. The maximum Gasteiger partial charge on any atom is 0.300 e. The molecule has 1 aromatic rings. The van der Waals surface area contributed by atoms with Crippen LogP contribution in [0.15, 0.2) is 16.5 Å². The molecule has 0 radical (unpaired) electrons. The highest BCUT2D eigenvalue weighted by molar-refractivity contribution is 5.90. The van der Waals surface area contributed by atoms with Crippen molar-refractivity contribution in [1.29, 1.82) is 0 Å². The first-order valence-corrected chi connectivity index (χ1v) is 6.19. The zero-order chi connectivity index (χ0) is 13.0. The lowest BCUT2D eigenvalue weighted by Crippen LogP contribution is -2.41. The second kappa shape index (κ2) is 5.99. The average Bonchev–Trinajstić information content (AvgIpc) is 2.74. The van der Waals surface area contributed by atoms with Crippen LogP contribution in [0.1, 0.15) is 35.6 Å². The van der Waals surface area contributed by atoms with Crippen molar-refractivity contribution >= 4 is 5.91 Å². The van der Waals surface area contributed by atoms with Crippen molar-refractivity contribution in [2.45, 2.75) is 31.8 Å². The summed E-state index contributed by atoms with van der Waals surface area (Å²) >= 11 is 0. The molecule has 100 valence electrons. The summed E-state index contributed by atoms with van der Waals surface area (Å²) < 4.78 is 5.42. The summed E-state index contributed by atoms with van der Waals surface area (Å²) in [4.78, 5) is 13.4. The van der Waals surface area contributed by atoms with Gasteiger partial charge >= 0.3 is 5.91 Å². The molecule has 1 heterocycles. The first-order valence-electron chi connectivity index (χ1n) is 6.19. The molecule has 6 nitrogen and oxygen atoms in total. The van der Waals surface area contributed by atoms with E-state index in [4.69, 9.17) is 15.4 Å². The Balaban J connectivity index is 1.97. The summed E-state index contributed by atoms with van der Waals surface area (Å²) in [6.07, 6.45) is 3.57. The first kappa shape index (κ1) is 13.1. The molecule has 1 amide bonds. The predicted molar refractivity (Wildman–Crippen MR) is 65.5 cm³/mol. The van der Waals surface area contributed by atoms with Crippen LogP contribution < -0.4 is 11.3 Å². The lowest BCUT2D eigenvalue weighted by Gasteiger charge is -2.36. The Morgan fingerprint density at radius 1 is 1.56 bits per heavy atom. The smallest absolute Gasteiger partial charge is 0.300 e. The van der Waals surface area contributed by atoms with E-state index in [0.717, 1.165) is 12.8 Å². The summed E-state index contributed by atoms with van der Waals surface area (Å²) in [6, 6.07) is 3.90. The summed E-state index contributed by atoms with van der Waals surface area (Å²) in [5, 5.41) is 9.06. The van der Waals surface area contributed by atoms with E-state index in [1.165, 1.54) is 6.42 Å². The van der Waals surface area contributed by atoms with Crippen LogP contribution in [-0.4, -0.2) is 35.1 Å². The fraction of sp³-hybridized carbons (Fsp3) is 0.583. The van der Waals surface area contributed by atoms with Gasteiger partial charge < -0.3 is 9.52 Å². The number of aliphatic hydroxyl groups excluding tert-OH is 1. The molecule has 0 bridgehead atoms. The summed E-state index contributed by atoms with van der Waals surface area (Å²) in [5.41, 5.74) is 2.03. The number of nitrogen functional groups attached to an aromatic ring is 1. The standard InChI is InChI=1S/C12H19N3O3/c13-14-12(17)11-5-4-10(18-11)8-15(6-7-16)9-2-1-3-9/h4-5,9,16H,1-3,6-8,13H2,(H,14,17). The largest absolute Gasteiger partial charge is 0.455 e. The number of aliphatic hydroxyl groups is 1. The van der Waals surface area contributed by atoms with Crippen molar-refractivity contribution in [1.82, 2.24) is 10.3 Å². The highest BCUT2D eigenvalue weighted by atomic mass is 16.4. The minimum Gasteiger partial charge on any atom is -0.455 e. The number of carbonyl (C=O) groups excluding carboxylic acids is 1. The fourth-order valence-electron chi connectivity index (χ4n) is 2.13. The van der Waals surface area contributed by atoms with Gasteiger partial charge in [0, 0.05) is 12.6 Å². The average molecular weight is 253 g/mol. The molecule has 0 unspecified atom stereocenters. The molecule has 2 rings (SSSR count). The molecule has 1 aliphatic carbocycles. The fourth-order valence-corrected chi connectivity index (χ4v) is 2.13. The van der Waals surface area contributed by atoms with Crippen molar-refractivity contribution in [3.05, 3.63) is 23.7 Å². The lowest BCUT2D eigenvalue weighted by molar-refractivity contribution is 0.0844. The Bertz CT molecular complexity index is 401. The number of furan rings is 1. The molecule has 18 heavy (non-hydrogen) atoms. The van der Waals surface area contributed by atoms with Crippen LogP contribution in [-0.2, 0) is 6.54 Å². The predicted octanol–water partition coefficient (Wildman–Crippen LogP) is 0.230. The van der Waals surface area contributed by atoms with Gasteiger partial charge in [0.1, 0.15) is 5.76 Å². The Labute approximate surface area is 106 Å². The monoisotopic (exact) mass is 253 g/mol. The van der Waals surface area contributed by atoms with Crippen LogP contribution in [0.3, 0.4) is 0 Å². The van der Waals surface area contributed by atoms with Gasteiger partial charge in [-0.05, 0) is 25.0 Å². The van der Waals surface area contributed by atoms with Gasteiger partial charge in [-0.15, -0.1) is 0 Å². The molecule has 0 aromatic carbocycles. The maximum absolute atomic E-state index is 11.3. The van der Waals surface area contributed by atoms with Crippen LogP contribution >= 0.6 is 0 Å². The molecular formula is C12H19N3O3. The third-order valence-electron chi connectivity index (χ3n) is 3.35. The Morgan fingerprint density at radius 2 is 2.33 bits per heavy atom. The van der Waals surface area contributed by atoms with Crippen LogP contribution in [0.4, 0.5) is 0 Å². The first-order chi connectivity index (χ1) is 8.74. The maximum atomic E-state index is 11.3. The molecule has 0 spiro atoms. The number of nitrogens with two attached hydrogens (primary N) is 1. The summed E-state index contributed by atoms with van der Waals surface area (Å²) in [5.74, 6) is 5.54. The Hall–Kier alpha value is -1.37. The number of hydrogen-bond acceptors (Lipinski definition) is 5. The van der Waals surface area contributed by atoms with Crippen LogP contribution in [0.2, 0.25) is 0 Å². The molecule has 1 fully saturated rings. The van der Waals surface area contributed by atoms with E-state index < -0.39 is 5.91 Å². The zero-order valence-corrected chi connectivity index (χ0v) is 10.3. The van der Waals surface area contributed by atoms with E-state index in [9.17, 15) is 4.79 Å². The zero-order valence-electron chi connectivity index (χ0n) is 10.3. The second-order valence-corrected chi connectivity index (χ2v) is 4.52. The van der Waals surface area contributed by atoms with Crippen LogP contribution in [0.5, 0.6) is 0 Å². The lowest BCUT2D eigenvalue weighted by atomic mass is 9.91. The van der Waals surface area contributed by atoms with Gasteiger partial charge in [0.2, 0.25) is 0 Å². The number of hydrogen-bond donors (Lipinski definition) is 3. The molecule has 0 atom stereocenters. The van der Waals surface area contributed by atoms with E-state index in [1.54, 1.807) is 12.1 Å². The van der Waals surface area contributed by atoms with E-state index >= 15 is 0 Å². The van der Waals surface area contributed by atoms with Gasteiger partial charge in [-0.2, -0.15) is 0 Å². The second-order valence-electron chi connectivity index (χ2n) is 4.52. The van der Waals surface area contributed by atoms with Crippen molar-refractivity contribution in [2.75, 3.05) is 13.2 Å². The number of nitrogens with zero attached hydrogens (tertiary/aromatic N) is 1. The molecular weight excluding hydrogens is 234 g/mol. The van der Waals surface area contributed by atoms with Gasteiger partial charge in [-0.1, -0.05) is 6.42 Å². The molecule has 1 aromatic heterocycles. The topological polar surface area (TPSA) is 91.7 Å². The SMILES string of the molecule is NNC(=O)c1ccc(CN(CCO)C2CCC2)o1. The number of carbonyl (C=O) groups is 1. The van der Waals surface area contributed by atoms with Crippen molar-refractivity contribution in [3.8, 4) is 0 Å². The molecule has 0 saturated heterocycles. The Morgan fingerprint density at radius 3 is 2.89 bits per heavy atom. The minimum absolute atomic E-state index is 0.132. The normalized spacial score (nSPS) is 15.7. The van der Waals surface area contributed by atoms with Crippen LogP contribution in [0, 0.1) is 0 Å². The van der Waals surface area contributed by atoms with Gasteiger partial charge in [0.25, 0.3) is 0 Å². The quantitative estimate of drug-likeness (QED) is 0.383. The minimum atomic E-state index is -0.432. The number of hydrazine groups is 1. The Kier molecular flexibility index (Phi) is 4.35. The van der Waals surface area contributed by atoms with E-state index in [1.807, 2.05) is 5.43 Å². The van der Waals surface area contributed by atoms with Gasteiger partial charge in [0.05, 0.1) is 13.2 Å². The van der Waals surface area contributed by atoms with E-state index in [-0.39, 0.29) is 12.4 Å². The van der Waals surface area contributed by atoms with E-state index in [2.05, 4.69) is 4.90 Å². The summed E-state index contributed by atoms with van der Waals surface area (Å²) in [7, 11) is 0. The molecule has 1 saturated carbocycles. The van der Waals surface area contributed by atoms with Crippen LogP contribution in [0.25, 0.3) is 0 Å². The van der Waals surface area contributed by atoms with Crippen molar-refractivity contribution in [3.63, 3.8) is 0 Å². The van der Waals surface area contributed by atoms with E-state index in [0.29, 0.717) is 24.9 Å². The number of nitrogens with one attached hydrogen (secondary N) is 1. The molecule has 6 heteroatoms. The van der Waals surface area contributed by atoms with Crippen molar-refractivity contribution < 1.29 is 14.3 Å². The van der Waals surface area contributed by atoms with Crippen molar-refractivity contribution in [2.24, 2.45) is 5.84 Å². The molecule has 0 aliphatic heterocycles. The van der Waals surface area contributed by atoms with Gasteiger partial charge in [-0.25, -0.2) is 5.84 Å². The van der Waals surface area contributed by atoms with Gasteiger partial charge in [-0.3, -0.25) is 15.1 Å². The molecule has 4 N–H and O–H groups in total. The van der Waals surface area contributed by atoms with Gasteiger partial charge in [0.15, 0.2) is 5.76 Å².